The van der Waals surface area contributed by atoms with Gasteiger partial charge in [-0.15, -0.1) is 0 Å². The fourth-order valence-corrected chi connectivity index (χ4v) is 4.69. The summed E-state index contributed by atoms with van der Waals surface area (Å²) in [7, 11) is 0. The van der Waals surface area contributed by atoms with Crippen LogP contribution in [0.3, 0.4) is 0 Å². The van der Waals surface area contributed by atoms with Gasteiger partial charge >= 0.3 is 5.97 Å². The van der Waals surface area contributed by atoms with Gasteiger partial charge in [0.25, 0.3) is 5.56 Å². The predicted octanol–water partition coefficient (Wildman–Crippen LogP) is 3.16. The number of fused-ring (bicyclic) bond motifs is 1. The lowest BCUT2D eigenvalue weighted by molar-refractivity contribution is -0.139. The summed E-state index contributed by atoms with van der Waals surface area (Å²) in [6.07, 6.45) is 1.70. The normalized spacial score (nSPS) is 16.1. The van der Waals surface area contributed by atoms with E-state index in [1.807, 2.05) is 0 Å². The molecule has 158 valence electrons. The Kier molecular flexibility index (Phi) is 5.80. The van der Waals surface area contributed by atoms with E-state index in [2.05, 4.69) is 4.99 Å². The minimum absolute atomic E-state index is 0.112. The van der Waals surface area contributed by atoms with Crippen molar-refractivity contribution < 1.29 is 14.6 Å². The number of carbonyl (C=O) groups excluding carboxylic acids is 1. The Labute approximate surface area is 187 Å². The van der Waals surface area contributed by atoms with Crippen LogP contribution in [0, 0.1) is 0 Å². The maximum absolute atomic E-state index is 13.4. The lowest BCUT2D eigenvalue weighted by Gasteiger charge is -2.24. The number of benzene rings is 2. The number of phenols is 1. The summed E-state index contributed by atoms with van der Waals surface area (Å²) in [5, 5.41) is 10.3. The summed E-state index contributed by atoms with van der Waals surface area (Å²) in [5.74, 6) is -0.396. The molecule has 1 atom stereocenters. The Balaban J connectivity index is 1.96. The molecular formula is C23H19ClN2O4S. The molecule has 1 N–H and O–H groups in total. The number of thiazole rings is 1. The van der Waals surface area contributed by atoms with Gasteiger partial charge in [-0.05, 0) is 55.3 Å². The Bertz CT molecular complexity index is 1370. The van der Waals surface area contributed by atoms with Gasteiger partial charge in [0.05, 0.1) is 28.5 Å². The highest BCUT2D eigenvalue weighted by Gasteiger charge is 2.33. The van der Waals surface area contributed by atoms with Crippen molar-refractivity contribution in [3.05, 3.63) is 95.6 Å². The molecule has 2 heterocycles. The summed E-state index contributed by atoms with van der Waals surface area (Å²) < 4.78 is 7.23. The van der Waals surface area contributed by atoms with Gasteiger partial charge in [-0.25, -0.2) is 9.79 Å². The van der Waals surface area contributed by atoms with Crippen LogP contribution < -0.4 is 14.9 Å². The van der Waals surface area contributed by atoms with E-state index in [0.29, 0.717) is 31.2 Å². The van der Waals surface area contributed by atoms with Crippen molar-refractivity contribution in [2.24, 2.45) is 4.99 Å². The second-order valence-electron chi connectivity index (χ2n) is 6.95. The summed E-state index contributed by atoms with van der Waals surface area (Å²) in [4.78, 5) is 31.2. The van der Waals surface area contributed by atoms with Crippen molar-refractivity contribution in [2.45, 2.75) is 19.9 Å². The smallest absolute Gasteiger partial charge is 0.338 e. The highest BCUT2D eigenvalue weighted by atomic mass is 35.5. The predicted molar refractivity (Wildman–Crippen MR) is 120 cm³/mol. The monoisotopic (exact) mass is 454 g/mol. The number of aromatic hydroxyl groups is 1. The Morgan fingerprint density at radius 2 is 2.03 bits per heavy atom. The van der Waals surface area contributed by atoms with E-state index in [-0.39, 0.29) is 17.9 Å². The van der Waals surface area contributed by atoms with E-state index in [4.69, 9.17) is 16.3 Å². The van der Waals surface area contributed by atoms with Crippen LogP contribution in [0.5, 0.6) is 5.75 Å². The van der Waals surface area contributed by atoms with E-state index < -0.39 is 12.0 Å². The van der Waals surface area contributed by atoms with E-state index in [0.717, 1.165) is 5.56 Å². The molecule has 3 aromatic rings. The Morgan fingerprint density at radius 3 is 2.71 bits per heavy atom. The van der Waals surface area contributed by atoms with Gasteiger partial charge in [0.2, 0.25) is 0 Å². The third kappa shape index (κ3) is 4.06. The minimum atomic E-state index is -0.682. The van der Waals surface area contributed by atoms with Crippen LogP contribution in [0.25, 0.3) is 6.08 Å². The molecule has 0 fully saturated rings. The molecule has 1 unspecified atom stereocenters. The van der Waals surface area contributed by atoms with Crippen LogP contribution in [0.1, 0.15) is 31.0 Å². The zero-order valence-electron chi connectivity index (χ0n) is 16.8. The first-order valence-electron chi connectivity index (χ1n) is 9.63. The molecule has 0 bridgehead atoms. The molecule has 0 saturated carbocycles. The largest absolute Gasteiger partial charge is 0.508 e. The highest BCUT2D eigenvalue weighted by molar-refractivity contribution is 7.07. The number of hydrogen-bond acceptors (Lipinski definition) is 6. The number of nitrogens with zero attached hydrogens (tertiary/aromatic N) is 2. The summed E-state index contributed by atoms with van der Waals surface area (Å²) in [5.41, 5.74) is 1.96. The van der Waals surface area contributed by atoms with Crippen LogP contribution >= 0.6 is 22.9 Å². The molecule has 1 aromatic heterocycles. The molecule has 4 rings (SSSR count). The average Bonchev–Trinajstić information content (AvgIpc) is 3.02. The number of rotatable bonds is 4. The number of allylic oxidation sites excluding steroid dienone is 1. The van der Waals surface area contributed by atoms with Crippen LogP contribution in [0.2, 0.25) is 5.02 Å². The molecule has 0 radical (unpaired) electrons. The quantitative estimate of drug-likeness (QED) is 0.614. The lowest BCUT2D eigenvalue weighted by atomic mass is 9.96. The molecule has 31 heavy (non-hydrogen) atoms. The molecule has 1 aliphatic heterocycles. The van der Waals surface area contributed by atoms with Gasteiger partial charge in [-0.1, -0.05) is 47.2 Å². The zero-order chi connectivity index (χ0) is 22.1. The van der Waals surface area contributed by atoms with Crippen molar-refractivity contribution in [1.82, 2.24) is 4.57 Å². The molecule has 0 amide bonds. The molecule has 2 aromatic carbocycles. The first-order chi connectivity index (χ1) is 14.9. The van der Waals surface area contributed by atoms with E-state index in [1.54, 1.807) is 68.5 Å². The number of hydrogen-bond donors (Lipinski definition) is 1. The topological polar surface area (TPSA) is 80.9 Å². The molecule has 0 aliphatic carbocycles. The Morgan fingerprint density at radius 1 is 1.29 bits per heavy atom. The fourth-order valence-electron chi connectivity index (χ4n) is 3.52. The van der Waals surface area contributed by atoms with Crippen molar-refractivity contribution in [3.8, 4) is 5.75 Å². The third-order valence-corrected chi connectivity index (χ3v) is 6.11. The maximum atomic E-state index is 13.4. The first-order valence-corrected chi connectivity index (χ1v) is 10.8. The number of halogens is 1. The van der Waals surface area contributed by atoms with Crippen molar-refractivity contribution in [2.75, 3.05) is 6.61 Å². The van der Waals surface area contributed by atoms with E-state index in [9.17, 15) is 14.7 Å². The van der Waals surface area contributed by atoms with Crippen LogP contribution in [0.4, 0.5) is 0 Å². The second kappa shape index (κ2) is 8.53. The standard InChI is InChI=1S/C23H19ClN2O4S/c1-3-30-22(29)19-13(2)25-23-26(20(19)15-7-9-16(24)10-8-15)21(28)18(31-23)12-14-5-4-6-17(27)11-14/h4-12,20,27H,3H2,1-2H3/b18-12+. The van der Waals surface area contributed by atoms with Crippen molar-refractivity contribution >= 4 is 35.0 Å². The van der Waals surface area contributed by atoms with Gasteiger partial charge in [0.1, 0.15) is 5.75 Å². The average molecular weight is 455 g/mol. The number of aromatic nitrogens is 1. The van der Waals surface area contributed by atoms with Gasteiger partial charge in [0.15, 0.2) is 4.80 Å². The second-order valence-corrected chi connectivity index (χ2v) is 8.39. The number of carbonyl (C=O) groups is 1. The van der Waals surface area contributed by atoms with E-state index in [1.165, 1.54) is 15.9 Å². The summed E-state index contributed by atoms with van der Waals surface area (Å²) >= 11 is 7.28. The molecule has 1 aliphatic rings. The van der Waals surface area contributed by atoms with Crippen LogP contribution in [-0.2, 0) is 9.53 Å². The van der Waals surface area contributed by atoms with Crippen molar-refractivity contribution in [1.29, 1.82) is 0 Å². The van der Waals surface area contributed by atoms with Gasteiger partial charge < -0.3 is 9.84 Å². The van der Waals surface area contributed by atoms with Gasteiger partial charge in [0, 0.05) is 5.02 Å². The first kappa shape index (κ1) is 21.1. The molecule has 6 nitrogen and oxygen atoms in total. The maximum Gasteiger partial charge on any atom is 0.338 e. The Hall–Kier alpha value is -3.16. The van der Waals surface area contributed by atoms with Crippen molar-refractivity contribution in [3.63, 3.8) is 0 Å². The molecular weight excluding hydrogens is 436 g/mol. The lowest BCUT2D eigenvalue weighted by Crippen LogP contribution is -2.39. The van der Waals surface area contributed by atoms with Crippen LogP contribution in [0.15, 0.2) is 69.6 Å². The minimum Gasteiger partial charge on any atom is -0.508 e. The molecule has 0 spiro atoms. The number of ether oxygens (including phenoxy) is 1. The number of esters is 1. The van der Waals surface area contributed by atoms with Gasteiger partial charge in [-0.3, -0.25) is 9.36 Å². The summed E-state index contributed by atoms with van der Waals surface area (Å²) in [6.45, 7) is 3.68. The number of phenolic OH excluding ortho intramolecular Hbond substituents is 1. The summed E-state index contributed by atoms with van der Waals surface area (Å²) in [6, 6.07) is 13.0. The van der Waals surface area contributed by atoms with Gasteiger partial charge in [-0.2, -0.15) is 0 Å². The van der Waals surface area contributed by atoms with Crippen LogP contribution in [-0.4, -0.2) is 22.2 Å². The zero-order valence-corrected chi connectivity index (χ0v) is 18.4. The van der Waals surface area contributed by atoms with E-state index >= 15 is 0 Å². The molecule has 0 saturated heterocycles. The third-order valence-electron chi connectivity index (χ3n) is 4.87. The molecule has 8 heteroatoms. The highest BCUT2D eigenvalue weighted by Crippen LogP contribution is 2.31. The fraction of sp³-hybridized carbons (Fsp3) is 0.174. The SMILES string of the molecule is CCOC(=O)C1=C(C)N=c2s/c(=C/c3cccc(O)c3)c(=O)n2C1c1ccc(Cl)cc1.